The first kappa shape index (κ1) is 9.77. The van der Waals surface area contributed by atoms with E-state index in [4.69, 9.17) is 4.52 Å². The van der Waals surface area contributed by atoms with Crippen LogP contribution in [0.2, 0.25) is 0 Å². The van der Waals surface area contributed by atoms with Crippen molar-refractivity contribution >= 4 is 16.9 Å². The second kappa shape index (κ2) is 4.21. The molecule has 84 valence electrons. The molecule has 0 spiro atoms. The van der Waals surface area contributed by atoms with Crippen LogP contribution in [0, 0.1) is 0 Å². The summed E-state index contributed by atoms with van der Waals surface area (Å²) < 4.78 is 4.75. The number of hydrogen-bond acceptors (Lipinski definition) is 5. The predicted octanol–water partition coefficient (Wildman–Crippen LogP) is 2.23. The average Bonchev–Trinajstić information content (AvgIpc) is 2.89. The maximum absolute atomic E-state index is 4.75. The molecular weight excluding hydrogens is 216 g/mol. The SMILES string of the molecule is c1ccc2nc(NCc3ccon3)cnc2c1. The van der Waals surface area contributed by atoms with E-state index in [1.165, 1.54) is 0 Å². The zero-order valence-electron chi connectivity index (χ0n) is 9.00. The van der Waals surface area contributed by atoms with E-state index in [1.807, 2.05) is 30.3 Å². The van der Waals surface area contributed by atoms with E-state index in [9.17, 15) is 0 Å². The largest absolute Gasteiger partial charge is 0.364 e. The van der Waals surface area contributed by atoms with Gasteiger partial charge in [0.25, 0.3) is 0 Å². The predicted molar refractivity (Wildman–Crippen MR) is 63.4 cm³/mol. The molecule has 0 atom stereocenters. The molecule has 2 aromatic heterocycles. The Bertz CT molecular complexity index is 621. The lowest BCUT2D eigenvalue weighted by Gasteiger charge is -2.03. The molecule has 5 nitrogen and oxygen atoms in total. The van der Waals surface area contributed by atoms with Gasteiger partial charge in [0.1, 0.15) is 17.8 Å². The number of nitrogens with zero attached hydrogens (tertiary/aromatic N) is 3. The minimum atomic E-state index is 0.573. The Labute approximate surface area is 97.5 Å². The second-order valence-corrected chi connectivity index (χ2v) is 3.59. The fraction of sp³-hybridized carbons (Fsp3) is 0.0833. The summed E-state index contributed by atoms with van der Waals surface area (Å²) in [6.45, 7) is 0.573. The van der Waals surface area contributed by atoms with Crippen molar-refractivity contribution in [2.24, 2.45) is 0 Å². The second-order valence-electron chi connectivity index (χ2n) is 3.59. The van der Waals surface area contributed by atoms with Crippen LogP contribution in [0.3, 0.4) is 0 Å². The van der Waals surface area contributed by atoms with E-state index in [1.54, 1.807) is 12.5 Å². The summed E-state index contributed by atoms with van der Waals surface area (Å²) in [5.74, 6) is 0.728. The Morgan fingerprint density at radius 1 is 1.12 bits per heavy atom. The molecule has 17 heavy (non-hydrogen) atoms. The number of fused-ring (bicyclic) bond motifs is 1. The molecule has 0 saturated carbocycles. The molecule has 0 radical (unpaired) electrons. The van der Waals surface area contributed by atoms with Gasteiger partial charge in [-0.25, -0.2) is 4.98 Å². The van der Waals surface area contributed by atoms with Crippen molar-refractivity contribution in [3.05, 3.63) is 48.5 Å². The molecule has 1 aromatic carbocycles. The fourth-order valence-corrected chi connectivity index (χ4v) is 1.55. The van der Waals surface area contributed by atoms with Gasteiger partial charge in [0.15, 0.2) is 0 Å². The topological polar surface area (TPSA) is 63.8 Å². The van der Waals surface area contributed by atoms with E-state index in [0.29, 0.717) is 6.54 Å². The monoisotopic (exact) mass is 226 g/mol. The smallest absolute Gasteiger partial charge is 0.145 e. The summed E-state index contributed by atoms with van der Waals surface area (Å²) in [7, 11) is 0. The van der Waals surface area contributed by atoms with Crippen molar-refractivity contribution in [2.75, 3.05) is 5.32 Å². The molecule has 1 N–H and O–H groups in total. The summed E-state index contributed by atoms with van der Waals surface area (Å²) in [6, 6.07) is 9.56. The van der Waals surface area contributed by atoms with Crippen LogP contribution >= 0.6 is 0 Å². The normalized spacial score (nSPS) is 10.6. The van der Waals surface area contributed by atoms with Crippen LogP contribution in [-0.4, -0.2) is 15.1 Å². The number of rotatable bonds is 3. The highest BCUT2D eigenvalue weighted by molar-refractivity contribution is 5.75. The van der Waals surface area contributed by atoms with Crippen LogP contribution in [-0.2, 0) is 6.54 Å². The molecule has 3 rings (SSSR count). The molecule has 0 unspecified atom stereocenters. The number of nitrogens with one attached hydrogen (secondary N) is 1. The van der Waals surface area contributed by atoms with Crippen molar-refractivity contribution in [3.8, 4) is 0 Å². The van der Waals surface area contributed by atoms with Gasteiger partial charge in [-0.15, -0.1) is 0 Å². The maximum atomic E-state index is 4.75. The molecule has 0 aliphatic carbocycles. The highest BCUT2D eigenvalue weighted by Crippen LogP contribution is 2.11. The standard InChI is InChI=1S/C12H10N4O/c1-2-4-11-10(3-1)13-8-12(15-11)14-7-9-5-6-17-16-9/h1-6,8H,7H2,(H,14,15). The van der Waals surface area contributed by atoms with Gasteiger partial charge in [0.2, 0.25) is 0 Å². The molecular formula is C12H10N4O. The summed E-state index contributed by atoms with van der Waals surface area (Å²) in [4.78, 5) is 8.75. The van der Waals surface area contributed by atoms with Crippen LogP contribution in [0.15, 0.2) is 47.3 Å². The van der Waals surface area contributed by atoms with Crippen LogP contribution in [0.4, 0.5) is 5.82 Å². The highest BCUT2D eigenvalue weighted by atomic mass is 16.5. The average molecular weight is 226 g/mol. The molecule has 0 saturated heterocycles. The summed E-state index contributed by atoms with van der Waals surface area (Å²) in [6.07, 6.45) is 3.26. The lowest BCUT2D eigenvalue weighted by molar-refractivity contribution is 0.412. The van der Waals surface area contributed by atoms with Crippen LogP contribution in [0.25, 0.3) is 11.0 Å². The van der Waals surface area contributed by atoms with Crippen molar-refractivity contribution in [2.45, 2.75) is 6.54 Å². The van der Waals surface area contributed by atoms with Gasteiger partial charge in [-0.2, -0.15) is 0 Å². The Morgan fingerprint density at radius 3 is 2.82 bits per heavy atom. The summed E-state index contributed by atoms with van der Waals surface area (Å²) >= 11 is 0. The minimum Gasteiger partial charge on any atom is -0.364 e. The Hall–Kier alpha value is -2.43. The van der Waals surface area contributed by atoms with Gasteiger partial charge in [-0.3, -0.25) is 4.98 Å². The van der Waals surface area contributed by atoms with Crippen molar-refractivity contribution < 1.29 is 4.52 Å². The fourth-order valence-electron chi connectivity index (χ4n) is 1.55. The minimum absolute atomic E-state index is 0.573. The quantitative estimate of drug-likeness (QED) is 0.741. The Kier molecular flexibility index (Phi) is 2.42. The summed E-state index contributed by atoms with van der Waals surface area (Å²) in [5, 5.41) is 6.95. The van der Waals surface area contributed by atoms with Crippen LogP contribution in [0.1, 0.15) is 5.69 Å². The van der Waals surface area contributed by atoms with Gasteiger partial charge < -0.3 is 9.84 Å². The number of aromatic nitrogens is 3. The molecule has 3 aromatic rings. The highest BCUT2D eigenvalue weighted by Gasteiger charge is 2.00. The Balaban J connectivity index is 1.81. The van der Waals surface area contributed by atoms with Crippen LogP contribution < -0.4 is 5.32 Å². The van der Waals surface area contributed by atoms with E-state index in [-0.39, 0.29) is 0 Å². The first-order valence-corrected chi connectivity index (χ1v) is 5.27. The molecule has 0 aliphatic rings. The van der Waals surface area contributed by atoms with Crippen molar-refractivity contribution in [1.29, 1.82) is 0 Å². The van der Waals surface area contributed by atoms with Crippen LogP contribution in [0.5, 0.6) is 0 Å². The number of para-hydroxylation sites is 2. The zero-order valence-corrected chi connectivity index (χ0v) is 9.00. The Morgan fingerprint density at radius 2 is 2.00 bits per heavy atom. The number of benzene rings is 1. The van der Waals surface area contributed by atoms with Crippen molar-refractivity contribution in [1.82, 2.24) is 15.1 Å². The molecule has 2 heterocycles. The molecule has 0 amide bonds. The third-order valence-corrected chi connectivity index (χ3v) is 2.39. The third-order valence-electron chi connectivity index (χ3n) is 2.39. The number of anilines is 1. The van der Waals surface area contributed by atoms with Gasteiger partial charge in [0.05, 0.1) is 23.8 Å². The lowest BCUT2D eigenvalue weighted by Crippen LogP contribution is -2.02. The van der Waals surface area contributed by atoms with Crippen molar-refractivity contribution in [3.63, 3.8) is 0 Å². The van der Waals surface area contributed by atoms with E-state index < -0.39 is 0 Å². The van der Waals surface area contributed by atoms with Gasteiger partial charge in [0, 0.05) is 6.07 Å². The van der Waals surface area contributed by atoms with Gasteiger partial charge in [-0.1, -0.05) is 17.3 Å². The van der Waals surface area contributed by atoms with Gasteiger partial charge >= 0.3 is 0 Å². The van der Waals surface area contributed by atoms with Gasteiger partial charge in [-0.05, 0) is 12.1 Å². The third kappa shape index (κ3) is 2.08. The lowest BCUT2D eigenvalue weighted by atomic mass is 10.3. The maximum Gasteiger partial charge on any atom is 0.145 e. The molecule has 0 bridgehead atoms. The van der Waals surface area contributed by atoms with E-state index in [0.717, 1.165) is 22.5 Å². The first-order chi connectivity index (χ1) is 8.42. The first-order valence-electron chi connectivity index (χ1n) is 5.27. The molecule has 5 heteroatoms. The zero-order chi connectivity index (χ0) is 11.5. The van der Waals surface area contributed by atoms with E-state index >= 15 is 0 Å². The van der Waals surface area contributed by atoms with E-state index in [2.05, 4.69) is 20.4 Å². The number of hydrogen-bond donors (Lipinski definition) is 1. The molecule has 0 aliphatic heterocycles. The summed E-state index contributed by atoms with van der Waals surface area (Å²) in [5.41, 5.74) is 2.59. The molecule has 0 fully saturated rings.